The number of nitrogens with zero attached hydrogens (tertiary/aromatic N) is 4. The number of amides is 2. The van der Waals surface area contributed by atoms with Gasteiger partial charge in [0.15, 0.2) is 0 Å². The van der Waals surface area contributed by atoms with Crippen LogP contribution in [0.15, 0.2) is 36.5 Å². The summed E-state index contributed by atoms with van der Waals surface area (Å²) in [6, 6.07) is 0. The second kappa shape index (κ2) is 29.6. The first-order chi connectivity index (χ1) is 25.6. The van der Waals surface area contributed by atoms with Crippen molar-refractivity contribution in [3.05, 3.63) is 36.5 Å². The van der Waals surface area contributed by atoms with Gasteiger partial charge in [-0.1, -0.05) is 23.7 Å². The van der Waals surface area contributed by atoms with Crippen LogP contribution in [-0.2, 0) is 38.4 Å². The lowest BCUT2D eigenvalue weighted by Crippen LogP contribution is -2.25. The molecule has 0 aromatic heterocycles. The van der Waals surface area contributed by atoms with Gasteiger partial charge in [0.1, 0.15) is 0 Å². The van der Waals surface area contributed by atoms with Crippen molar-refractivity contribution in [3.8, 4) is 23.7 Å². The summed E-state index contributed by atoms with van der Waals surface area (Å²) in [6.07, 6.45) is 12.0. The van der Waals surface area contributed by atoms with Crippen molar-refractivity contribution in [2.24, 2.45) is 0 Å². The Hall–Kier alpha value is -5.98. The zero-order chi connectivity index (χ0) is 40.7. The van der Waals surface area contributed by atoms with Crippen LogP contribution >= 0.6 is 0 Å². The Morgan fingerprint density at radius 2 is 0.648 bits per heavy atom. The fourth-order valence-electron chi connectivity index (χ4n) is 4.69. The summed E-state index contributed by atoms with van der Waals surface area (Å²) in [4.78, 5) is 88.3. The number of hydrogen-bond donors (Lipinski definition) is 6. The fraction of sp³-hybridized carbons (Fsp3) is 0.500. The second-order valence-corrected chi connectivity index (χ2v) is 11.5. The minimum atomic E-state index is -1.26. The molecule has 54 heavy (non-hydrogen) atoms. The van der Waals surface area contributed by atoms with E-state index in [1.165, 1.54) is 51.9 Å². The monoisotopic (exact) mass is 760 g/mol. The number of carbonyl (C=O) groups excluding carboxylic acids is 2. The standard InChI is InChI=1S/2C12H18N2O.3C4H4O4/c2*15-12-6-5-11-14(12)10-4-3-9-13-7-1-2-8-13;3*5-3(6)1-2-4(7)8/h2*1-2,5-11H2;3*1-2H,(H,5,6)(H,7,8). The topological polar surface area (TPSA) is 271 Å². The van der Waals surface area contributed by atoms with Gasteiger partial charge in [-0.3, -0.25) is 19.4 Å². The Morgan fingerprint density at radius 3 is 0.852 bits per heavy atom. The maximum Gasteiger partial charge on any atom is 0.328 e. The Labute approximate surface area is 313 Å². The summed E-state index contributed by atoms with van der Waals surface area (Å²) >= 11 is 0. The van der Waals surface area contributed by atoms with E-state index >= 15 is 0 Å². The normalized spacial score (nSPS) is 16.4. The Morgan fingerprint density at radius 1 is 0.407 bits per heavy atom. The summed E-state index contributed by atoms with van der Waals surface area (Å²) in [5.74, 6) is 5.51. The molecule has 0 aliphatic carbocycles. The number of hydrogen-bond acceptors (Lipinski definition) is 10. The third-order valence-corrected chi connectivity index (χ3v) is 7.24. The molecule has 4 aliphatic heterocycles. The lowest BCUT2D eigenvalue weighted by Gasteiger charge is -2.11. The highest BCUT2D eigenvalue weighted by Crippen LogP contribution is 2.09. The summed E-state index contributed by atoms with van der Waals surface area (Å²) in [6.45, 7) is 9.58. The molecule has 0 aromatic rings. The highest BCUT2D eigenvalue weighted by molar-refractivity contribution is 5.90. The molecule has 4 aliphatic rings. The molecule has 4 fully saturated rings. The van der Waals surface area contributed by atoms with E-state index in [2.05, 4.69) is 33.5 Å². The van der Waals surface area contributed by atoms with Crippen LogP contribution in [0.3, 0.4) is 0 Å². The third kappa shape index (κ3) is 28.7. The van der Waals surface area contributed by atoms with Crippen molar-refractivity contribution < 1.29 is 69.0 Å². The van der Waals surface area contributed by atoms with Crippen molar-refractivity contribution >= 4 is 47.6 Å². The molecule has 6 N–H and O–H groups in total. The first-order valence-electron chi connectivity index (χ1n) is 16.9. The number of rotatable bonds is 10. The average molecular weight is 761 g/mol. The quantitative estimate of drug-likeness (QED) is 0.131. The molecular weight excluding hydrogens is 712 g/mol. The maximum atomic E-state index is 11.3. The molecule has 18 heteroatoms. The van der Waals surface area contributed by atoms with E-state index in [4.69, 9.17) is 30.6 Å². The first kappa shape index (κ1) is 48.0. The van der Waals surface area contributed by atoms with Gasteiger partial charge >= 0.3 is 35.8 Å². The van der Waals surface area contributed by atoms with Gasteiger partial charge in [0.05, 0.1) is 26.2 Å². The van der Waals surface area contributed by atoms with E-state index in [0.29, 0.717) is 62.4 Å². The average Bonchev–Trinajstić information content (AvgIpc) is 3.95. The number of likely N-dealkylation sites (tertiary alicyclic amines) is 4. The lowest BCUT2D eigenvalue weighted by atomic mass is 10.4. The van der Waals surface area contributed by atoms with Crippen LogP contribution in [0.1, 0.15) is 51.4 Å². The fourth-order valence-corrected chi connectivity index (χ4v) is 4.69. The predicted octanol–water partition coefficient (Wildman–Crippen LogP) is 0.551. The molecule has 0 saturated carbocycles. The van der Waals surface area contributed by atoms with E-state index in [9.17, 15) is 38.4 Å². The van der Waals surface area contributed by atoms with E-state index in [1.54, 1.807) is 0 Å². The van der Waals surface area contributed by atoms with Crippen LogP contribution in [-0.4, -0.2) is 163 Å². The van der Waals surface area contributed by atoms with E-state index in [-0.39, 0.29) is 11.8 Å². The Kier molecular flexibility index (Phi) is 26.3. The van der Waals surface area contributed by atoms with E-state index < -0.39 is 35.8 Å². The van der Waals surface area contributed by atoms with Gasteiger partial charge in [-0.25, -0.2) is 28.8 Å². The maximum absolute atomic E-state index is 11.3. The zero-order valence-electron chi connectivity index (χ0n) is 29.9. The number of carboxylic acid groups (broad SMARTS) is 6. The summed E-state index contributed by atoms with van der Waals surface area (Å²) < 4.78 is 0. The summed E-state index contributed by atoms with van der Waals surface area (Å²) in [5.41, 5.74) is 0. The van der Waals surface area contributed by atoms with Crippen LogP contribution in [0.2, 0.25) is 0 Å². The highest BCUT2D eigenvalue weighted by Gasteiger charge is 2.19. The molecule has 4 heterocycles. The number of carboxylic acids is 6. The van der Waals surface area contributed by atoms with Crippen LogP contribution in [0.25, 0.3) is 0 Å². The van der Waals surface area contributed by atoms with Crippen LogP contribution in [0.4, 0.5) is 0 Å². The van der Waals surface area contributed by atoms with Crippen molar-refractivity contribution in [1.29, 1.82) is 0 Å². The molecule has 0 bridgehead atoms. The van der Waals surface area contributed by atoms with Crippen molar-refractivity contribution in [1.82, 2.24) is 19.6 Å². The molecule has 18 nitrogen and oxygen atoms in total. The highest BCUT2D eigenvalue weighted by atomic mass is 16.4. The minimum absolute atomic E-state index is 0.269. The number of aliphatic carboxylic acids is 6. The largest absolute Gasteiger partial charge is 0.478 e. The summed E-state index contributed by atoms with van der Waals surface area (Å²) in [7, 11) is 0. The van der Waals surface area contributed by atoms with E-state index in [0.717, 1.165) is 39.0 Å². The van der Waals surface area contributed by atoms with Crippen molar-refractivity contribution in [2.45, 2.75) is 51.4 Å². The molecule has 0 radical (unpaired) electrons. The molecule has 296 valence electrons. The first-order valence-corrected chi connectivity index (χ1v) is 16.9. The zero-order valence-corrected chi connectivity index (χ0v) is 29.9. The molecule has 0 unspecified atom stereocenters. The molecule has 4 rings (SSSR count). The minimum Gasteiger partial charge on any atom is -0.478 e. The smallest absolute Gasteiger partial charge is 0.328 e. The third-order valence-electron chi connectivity index (χ3n) is 7.24. The SMILES string of the molecule is O=C(O)C=CC(=O)O.O=C(O)C=CC(=O)O.O=C(O)C=CC(=O)O.O=C1CCCN1CC#CCN1CCCC1.O=C1CCCN1CC#CCN1CCCC1. The Balaban J connectivity index is 0.000000677. The van der Waals surface area contributed by atoms with Crippen LogP contribution in [0, 0.1) is 23.7 Å². The van der Waals surface area contributed by atoms with Gasteiger partial charge in [-0.05, 0) is 64.7 Å². The van der Waals surface area contributed by atoms with Crippen LogP contribution in [0.5, 0.6) is 0 Å². The van der Waals surface area contributed by atoms with Crippen molar-refractivity contribution in [3.63, 3.8) is 0 Å². The predicted molar refractivity (Wildman–Crippen MR) is 192 cm³/mol. The van der Waals surface area contributed by atoms with Gasteiger partial charge in [0.2, 0.25) is 11.8 Å². The number of carbonyl (C=O) groups is 8. The molecule has 0 spiro atoms. The molecule has 4 saturated heterocycles. The molecule has 2 amide bonds. The van der Waals surface area contributed by atoms with Gasteiger partial charge in [-0.15, -0.1) is 0 Å². The lowest BCUT2D eigenvalue weighted by molar-refractivity contribution is -0.134. The van der Waals surface area contributed by atoms with E-state index in [1.807, 2.05) is 9.80 Å². The van der Waals surface area contributed by atoms with Gasteiger partial charge in [0.25, 0.3) is 0 Å². The van der Waals surface area contributed by atoms with Gasteiger partial charge in [-0.2, -0.15) is 0 Å². The summed E-state index contributed by atoms with van der Waals surface area (Å²) in [5, 5.41) is 46.9. The van der Waals surface area contributed by atoms with Crippen LogP contribution < -0.4 is 0 Å². The Bertz CT molecular complexity index is 1300. The van der Waals surface area contributed by atoms with Gasteiger partial charge in [0, 0.05) is 62.4 Å². The van der Waals surface area contributed by atoms with Gasteiger partial charge < -0.3 is 40.4 Å². The molecular formula is C36H48N4O14. The molecule has 0 atom stereocenters. The van der Waals surface area contributed by atoms with Crippen molar-refractivity contribution in [2.75, 3.05) is 65.4 Å². The second-order valence-electron chi connectivity index (χ2n) is 11.5. The molecule has 0 aromatic carbocycles.